The molecule has 0 saturated carbocycles. The Hall–Kier alpha value is -1.19. The van der Waals surface area contributed by atoms with Gasteiger partial charge in [-0.15, -0.1) is 0 Å². The van der Waals surface area contributed by atoms with Crippen molar-refractivity contribution in [2.75, 3.05) is 0 Å². The van der Waals surface area contributed by atoms with Gasteiger partial charge in [-0.25, -0.2) is 0 Å². The van der Waals surface area contributed by atoms with Crippen molar-refractivity contribution in [1.29, 1.82) is 0 Å². The fourth-order valence-corrected chi connectivity index (χ4v) is 1.65. The molecule has 0 saturated heterocycles. The van der Waals surface area contributed by atoms with Crippen LogP contribution in [-0.2, 0) is 0 Å². The zero-order valence-corrected chi connectivity index (χ0v) is 9.06. The van der Waals surface area contributed by atoms with E-state index >= 15 is 0 Å². The Morgan fingerprint density at radius 2 is 1.33 bits per heavy atom. The molecule has 3 heteroatoms. The van der Waals surface area contributed by atoms with Gasteiger partial charge in [0.05, 0.1) is 0 Å². The number of hydrogen-bond acceptors (Lipinski definition) is 2. The van der Waals surface area contributed by atoms with Crippen LogP contribution < -0.4 is 5.46 Å². The Kier molecular flexibility index (Phi) is 3.14. The van der Waals surface area contributed by atoms with E-state index in [1.807, 2.05) is 42.5 Å². The minimum atomic E-state index is -0.699. The molecule has 0 aliphatic carbocycles. The third kappa shape index (κ3) is 2.43. The first-order valence-corrected chi connectivity index (χ1v) is 5.30. The highest BCUT2D eigenvalue weighted by Crippen LogP contribution is 2.17. The van der Waals surface area contributed by atoms with E-state index in [0.29, 0.717) is 0 Å². The maximum Gasteiger partial charge on any atom is 0.390 e. The molecule has 1 N–H and O–H groups in total. The smallest absolute Gasteiger partial charge is 0.390 e. The molecule has 1 nitrogen and oxygen atoms in total. The molecule has 0 atom stereocenters. The van der Waals surface area contributed by atoms with Crippen molar-refractivity contribution in [3.63, 3.8) is 0 Å². The molecule has 0 heterocycles. The second-order valence-corrected chi connectivity index (χ2v) is 3.85. The normalized spacial score (nSPS) is 10.0. The van der Waals surface area contributed by atoms with Crippen molar-refractivity contribution in [3.05, 3.63) is 54.6 Å². The first kappa shape index (κ1) is 10.3. The summed E-state index contributed by atoms with van der Waals surface area (Å²) in [7, 11) is 0. The molecule has 0 bridgehead atoms. The van der Waals surface area contributed by atoms with E-state index in [2.05, 4.69) is 24.6 Å². The summed E-state index contributed by atoms with van der Waals surface area (Å²) in [6.07, 6.45) is -0.699. The van der Waals surface area contributed by atoms with Gasteiger partial charge in [-0.3, -0.25) is 0 Å². The Bertz CT molecular complexity index is 425. The lowest BCUT2D eigenvalue weighted by atomic mass is 9.85. The quantitative estimate of drug-likeness (QED) is 0.578. The van der Waals surface area contributed by atoms with Crippen LogP contribution in [0.2, 0.25) is 0 Å². The summed E-state index contributed by atoms with van der Waals surface area (Å²) in [4.78, 5) is 0. The zero-order valence-electron chi connectivity index (χ0n) is 8.17. The SMILES string of the molecule is OB(S)c1ccc(-c2ccccc2)cc1. The van der Waals surface area contributed by atoms with Gasteiger partial charge >= 0.3 is 6.19 Å². The van der Waals surface area contributed by atoms with Gasteiger partial charge in [-0.2, -0.15) is 12.5 Å². The summed E-state index contributed by atoms with van der Waals surface area (Å²) in [5.74, 6) is 0. The first-order chi connectivity index (χ1) is 7.27. The highest BCUT2D eigenvalue weighted by molar-refractivity contribution is 8.10. The van der Waals surface area contributed by atoms with E-state index in [9.17, 15) is 5.02 Å². The van der Waals surface area contributed by atoms with Crippen molar-refractivity contribution in [1.82, 2.24) is 0 Å². The summed E-state index contributed by atoms with van der Waals surface area (Å²) in [6, 6.07) is 17.9. The van der Waals surface area contributed by atoms with E-state index in [1.54, 1.807) is 0 Å². The standard InChI is InChI=1S/C12H11BOS/c14-13(15)12-8-6-11(7-9-12)10-4-2-1-3-5-10/h1-9,14-15H. The minimum absolute atomic E-state index is 0.699. The lowest BCUT2D eigenvalue weighted by molar-refractivity contribution is 0.609. The first-order valence-electron chi connectivity index (χ1n) is 4.79. The second-order valence-electron chi connectivity index (χ2n) is 3.36. The molecule has 0 amide bonds. The number of thiol groups is 1. The molecule has 0 spiro atoms. The molecule has 0 fully saturated rings. The summed E-state index contributed by atoms with van der Waals surface area (Å²) in [5, 5.41) is 9.25. The van der Waals surface area contributed by atoms with Crippen LogP contribution in [0, 0.1) is 0 Å². The van der Waals surface area contributed by atoms with Crippen molar-refractivity contribution < 1.29 is 5.02 Å². The lowest BCUT2D eigenvalue weighted by Gasteiger charge is -2.03. The molecule has 2 aromatic carbocycles. The average molecular weight is 214 g/mol. The van der Waals surface area contributed by atoms with Crippen LogP contribution in [0.25, 0.3) is 11.1 Å². The largest absolute Gasteiger partial charge is 0.438 e. The van der Waals surface area contributed by atoms with Crippen molar-refractivity contribution in [2.45, 2.75) is 0 Å². The van der Waals surface area contributed by atoms with Gasteiger partial charge in [0, 0.05) is 0 Å². The minimum Gasteiger partial charge on any atom is -0.438 e. The van der Waals surface area contributed by atoms with Crippen LogP contribution in [0.3, 0.4) is 0 Å². The Labute approximate surface area is 95.2 Å². The van der Waals surface area contributed by atoms with Gasteiger partial charge in [0.1, 0.15) is 0 Å². The van der Waals surface area contributed by atoms with Crippen molar-refractivity contribution in [3.8, 4) is 11.1 Å². The van der Waals surface area contributed by atoms with E-state index in [4.69, 9.17) is 0 Å². The molecular formula is C12H11BOS. The van der Waals surface area contributed by atoms with Crippen LogP contribution in [0.1, 0.15) is 0 Å². The summed E-state index contributed by atoms with van der Waals surface area (Å²) < 4.78 is 0. The molecule has 0 unspecified atom stereocenters. The maximum atomic E-state index is 9.25. The topological polar surface area (TPSA) is 20.2 Å². The molecule has 2 aromatic rings. The predicted molar refractivity (Wildman–Crippen MR) is 68.5 cm³/mol. The van der Waals surface area contributed by atoms with Crippen molar-refractivity contribution in [2.24, 2.45) is 0 Å². The highest BCUT2D eigenvalue weighted by atomic mass is 32.1. The van der Waals surface area contributed by atoms with Crippen LogP contribution in [-0.4, -0.2) is 11.2 Å². The predicted octanol–water partition coefficient (Wildman–Crippen LogP) is 1.97. The van der Waals surface area contributed by atoms with Gasteiger partial charge in [0.2, 0.25) is 0 Å². The lowest BCUT2D eigenvalue weighted by Crippen LogP contribution is -2.23. The summed E-state index contributed by atoms with van der Waals surface area (Å²) >= 11 is 3.96. The highest BCUT2D eigenvalue weighted by Gasteiger charge is 2.07. The Balaban J connectivity index is 2.32. The Morgan fingerprint density at radius 3 is 1.87 bits per heavy atom. The van der Waals surface area contributed by atoms with Gasteiger partial charge in [-0.05, 0) is 16.6 Å². The summed E-state index contributed by atoms with van der Waals surface area (Å²) in [5.41, 5.74) is 3.14. The van der Waals surface area contributed by atoms with Crippen molar-refractivity contribution >= 4 is 24.1 Å². The van der Waals surface area contributed by atoms with Gasteiger partial charge in [-0.1, -0.05) is 54.6 Å². The molecule has 0 radical (unpaired) electrons. The summed E-state index contributed by atoms with van der Waals surface area (Å²) in [6.45, 7) is 0. The fourth-order valence-electron chi connectivity index (χ4n) is 1.48. The number of hydrogen-bond donors (Lipinski definition) is 2. The monoisotopic (exact) mass is 214 g/mol. The molecule has 74 valence electrons. The van der Waals surface area contributed by atoms with E-state index in [1.165, 1.54) is 5.56 Å². The molecule has 0 aromatic heterocycles. The molecule has 2 rings (SSSR count). The molecule has 0 aliphatic rings. The van der Waals surface area contributed by atoms with Crippen LogP contribution in [0.5, 0.6) is 0 Å². The van der Waals surface area contributed by atoms with E-state index in [-0.39, 0.29) is 0 Å². The zero-order chi connectivity index (χ0) is 10.7. The fraction of sp³-hybridized carbons (Fsp3) is 0. The van der Waals surface area contributed by atoms with Gasteiger partial charge in [0.15, 0.2) is 0 Å². The average Bonchev–Trinajstić information content (AvgIpc) is 2.30. The third-order valence-electron chi connectivity index (χ3n) is 2.32. The van der Waals surface area contributed by atoms with E-state index in [0.717, 1.165) is 11.0 Å². The van der Waals surface area contributed by atoms with E-state index < -0.39 is 6.19 Å². The van der Waals surface area contributed by atoms with Crippen LogP contribution in [0.4, 0.5) is 0 Å². The number of benzene rings is 2. The molecular weight excluding hydrogens is 203 g/mol. The third-order valence-corrected chi connectivity index (χ3v) is 2.61. The Morgan fingerprint density at radius 1 is 0.800 bits per heavy atom. The maximum absolute atomic E-state index is 9.25. The number of rotatable bonds is 2. The van der Waals surface area contributed by atoms with Gasteiger partial charge < -0.3 is 5.02 Å². The van der Waals surface area contributed by atoms with Crippen LogP contribution >= 0.6 is 12.5 Å². The second kappa shape index (κ2) is 4.56. The van der Waals surface area contributed by atoms with Gasteiger partial charge in [0.25, 0.3) is 0 Å². The molecule has 0 aliphatic heterocycles. The van der Waals surface area contributed by atoms with Crippen LogP contribution in [0.15, 0.2) is 54.6 Å². The molecule has 15 heavy (non-hydrogen) atoms.